The zero-order chi connectivity index (χ0) is 21.4. The van der Waals surface area contributed by atoms with Crippen LogP contribution in [-0.2, 0) is 23.9 Å². The Morgan fingerprint density at radius 1 is 1.24 bits per heavy atom. The number of ketones is 1. The fourth-order valence-electron chi connectivity index (χ4n) is 3.39. The van der Waals surface area contributed by atoms with E-state index in [9.17, 15) is 19.2 Å². The lowest BCUT2D eigenvalue weighted by atomic mass is 10.1. The lowest BCUT2D eigenvalue weighted by Gasteiger charge is -2.28. The second-order valence-electron chi connectivity index (χ2n) is 6.85. The number of likely N-dealkylation sites (tertiary alicyclic amines) is 1. The first-order valence-corrected chi connectivity index (χ1v) is 9.95. The molecule has 2 rings (SSSR count). The van der Waals surface area contributed by atoms with Crippen molar-refractivity contribution in [1.29, 1.82) is 0 Å². The fourth-order valence-corrected chi connectivity index (χ4v) is 3.39. The van der Waals surface area contributed by atoms with Crippen molar-refractivity contribution in [1.82, 2.24) is 15.2 Å². The standard InChI is InChI=1S/C20H29N3O6/c1-4-28-19(26)15(12-17(24)14-8-6-10-21-14)22-13(3)18(25)23-11-7-9-16(23)20(27)29-5-2/h6,8,10,13,15-16,21-22H,4-5,7,9,11-12H2,1-3H3/t13-,15?,16-/m0/s1. The molecule has 9 nitrogen and oxygen atoms in total. The molecule has 0 radical (unpaired) electrons. The minimum absolute atomic E-state index is 0.154. The molecule has 160 valence electrons. The van der Waals surface area contributed by atoms with Gasteiger partial charge in [0, 0.05) is 19.2 Å². The second kappa shape index (κ2) is 10.8. The van der Waals surface area contributed by atoms with Gasteiger partial charge in [0.25, 0.3) is 0 Å². The number of rotatable bonds is 10. The molecule has 9 heteroatoms. The van der Waals surface area contributed by atoms with Crippen LogP contribution in [0.3, 0.4) is 0 Å². The van der Waals surface area contributed by atoms with Gasteiger partial charge in [0.05, 0.1) is 24.9 Å². The third-order valence-electron chi connectivity index (χ3n) is 4.78. The van der Waals surface area contributed by atoms with Crippen LogP contribution in [0.15, 0.2) is 18.3 Å². The van der Waals surface area contributed by atoms with E-state index in [-0.39, 0.29) is 31.3 Å². The monoisotopic (exact) mass is 407 g/mol. The molecule has 1 aliphatic heterocycles. The molecule has 1 aromatic rings. The lowest BCUT2D eigenvalue weighted by molar-refractivity contribution is -0.154. The summed E-state index contributed by atoms with van der Waals surface area (Å²) in [5.41, 5.74) is 0.377. The molecule has 2 N–H and O–H groups in total. The molecule has 2 heterocycles. The highest BCUT2D eigenvalue weighted by molar-refractivity contribution is 5.97. The molecule has 3 atom stereocenters. The number of carbonyl (C=O) groups is 4. The van der Waals surface area contributed by atoms with Crippen LogP contribution in [-0.4, -0.2) is 71.4 Å². The summed E-state index contributed by atoms with van der Waals surface area (Å²) in [6.45, 7) is 5.84. The Morgan fingerprint density at radius 3 is 2.59 bits per heavy atom. The van der Waals surface area contributed by atoms with Crippen molar-refractivity contribution in [2.45, 2.75) is 58.2 Å². The molecule has 1 saturated heterocycles. The molecule has 0 saturated carbocycles. The van der Waals surface area contributed by atoms with Gasteiger partial charge in [-0.25, -0.2) is 4.79 Å². The summed E-state index contributed by atoms with van der Waals surface area (Å²) in [4.78, 5) is 54.1. The van der Waals surface area contributed by atoms with Crippen LogP contribution in [0.1, 0.15) is 50.5 Å². The molecular formula is C20H29N3O6. The number of nitrogens with one attached hydrogen (secondary N) is 2. The molecule has 1 fully saturated rings. The molecule has 0 bridgehead atoms. The average molecular weight is 407 g/mol. The first-order chi connectivity index (χ1) is 13.9. The predicted octanol–water partition coefficient (Wildman–Crippen LogP) is 1.05. The first-order valence-electron chi connectivity index (χ1n) is 9.95. The number of esters is 2. The number of carbonyl (C=O) groups excluding carboxylic acids is 4. The summed E-state index contributed by atoms with van der Waals surface area (Å²) in [7, 11) is 0. The highest BCUT2D eigenvalue weighted by Gasteiger charge is 2.38. The van der Waals surface area contributed by atoms with Gasteiger partial charge in [-0.05, 0) is 45.7 Å². The summed E-state index contributed by atoms with van der Waals surface area (Å²) < 4.78 is 10.1. The van der Waals surface area contributed by atoms with E-state index in [1.807, 2.05) is 0 Å². The third kappa shape index (κ3) is 5.90. The Hall–Kier alpha value is -2.68. The number of hydrogen-bond acceptors (Lipinski definition) is 7. The number of aromatic nitrogens is 1. The molecule has 0 spiro atoms. The van der Waals surface area contributed by atoms with Crippen LogP contribution in [0, 0.1) is 0 Å². The number of H-pyrrole nitrogens is 1. The van der Waals surface area contributed by atoms with Crippen LogP contribution >= 0.6 is 0 Å². The predicted molar refractivity (Wildman–Crippen MR) is 104 cm³/mol. The Labute approximate surface area is 170 Å². The molecule has 1 amide bonds. The molecule has 1 unspecified atom stereocenters. The molecule has 0 aliphatic carbocycles. The van der Waals surface area contributed by atoms with Crippen molar-refractivity contribution in [2.75, 3.05) is 19.8 Å². The van der Waals surface area contributed by atoms with Crippen LogP contribution in [0.5, 0.6) is 0 Å². The van der Waals surface area contributed by atoms with Gasteiger partial charge in [-0.1, -0.05) is 0 Å². The van der Waals surface area contributed by atoms with E-state index in [2.05, 4.69) is 10.3 Å². The maximum Gasteiger partial charge on any atom is 0.328 e. The van der Waals surface area contributed by atoms with Crippen LogP contribution in [0.2, 0.25) is 0 Å². The number of aromatic amines is 1. The Balaban J connectivity index is 2.06. The summed E-state index contributed by atoms with van der Waals surface area (Å²) in [6.07, 6.45) is 2.71. The van der Waals surface area contributed by atoms with Gasteiger partial charge in [-0.2, -0.15) is 0 Å². The zero-order valence-electron chi connectivity index (χ0n) is 17.1. The zero-order valence-corrected chi connectivity index (χ0v) is 17.1. The minimum Gasteiger partial charge on any atom is -0.465 e. The second-order valence-corrected chi connectivity index (χ2v) is 6.85. The molecule has 0 aromatic carbocycles. The van der Waals surface area contributed by atoms with Crippen LogP contribution in [0.4, 0.5) is 0 Å². The van der Waals surface area contributed by atoms with Crippen molar-refractivity contribution in [3.63, 3.8) is 0 Å². The smallest absolute Gasteiger partial charge is 0.328 e. The number of amides is 1. The number of nitrogens with zero attached hydrogens (tertiary/aromatic N) is 1. The maximum absolute atomic E-state index is 12.9. The third-order valence-corrected chi connectivity index (χ3v) is 4.78. The van der Waals surface area contributed by atoms with Crippen molar-refractivity contribution < 1.29 is 28.7 Å². The molecule has 29 heavy (non-hydrogen) atoms. The van der Waals surface area contributed by atoms with Crippen molar-refractivity contribution in [3.8, 4) is 0 Å². The van der Waals surface area contributed by atoms with Gasteiger partial charge < -0.3 is 19.4 Å². The van der Waals surface area contributed by atoms with Gasteiger partial charge >= 0.3 is 11.9 Å². The van der Waals surface area contributed by atoms with Crippen LogP contribution < -0.4 is 5.32 Å². The number of ether oxygens (including phenoxy) is 2. The van der Waals surface area contributed by atoms with Gasteiger partial charge in [0.2, 0.25) is 5.91 Å². The average Bonchev–Trinajstić information content (AvgIpc) is 3.38. The first kappa shape index (κ1) is 22.6. The SMILES string of the molecule is CCOC(=O)C(CC(=O)c1ccc[nH]1)N[C@@H](C)C(=O)N1CCC[C@H]1C(=O)OCC. The lowest BCUT2D eigenvalue weighted by Crippen LogP contribution is -2.53. The quantitative estimate of drug-likeness (QED) is 0.440. The van der Waals surface area contributed by atoms with Gasteiger partial charge in [-0.15, -0.1) is 0 Å². The van der Waals surface area contributed by atoms with Gasteiger partial charge in [0.1, 0.15) is 12.1 Å². The van der Waals surface area contributed by atoms with E-state index >= 15 is 0 Å². The largest absolute Gasteiger partial charge is 0.465 e. The Morgan fingerprint density at radius 2 is 1.97 bits per heavy atom. The fraction of sp³-hybridized carbons (Fsp3) is 0.600. The van der Waals surface area contributed by atoms with E-state index in [4.69, 9.17) is 9.47 Å². The summed E-state index contributed by atoms with van der Waals surface area (Å²) in [5.74, 6) is -1.61. The Bertz CT molecular complexity index is 718. The van der Waals surface area contributed by atoms with Crippen molar-refractivity contribution in [3.05, 3.63) is 24.0 Å². The highest BCUT2D eigenvalue weighted by atomic mass is 16.5. The Kier molecular flexibility index (Phi) is 8.38. The van der Waals surface area contributed by atoms with Crippen molar-refractivity contribution >= 4 is 23.6 Å². The normalized spacial score (nSPS) is 18.2. The van der Waals surface area contributed by atoms with E-state index < -0.39 is 30.1 Å². The summed E-state index contributed by atoms with van der Waals surface area (Å²) >= 11 is 0. The number of Topliss-reactive ketones (excluding diaryl/α,β-unsaturated/α-hetero) is 1. The van der Waals surface area contributed by atoms with Crippen molar-refractivity contribution in [2.24, 2.45) is 0 Å². The van der Waals surface area contributed by atoms with E-state index in [0.717, 1.165) is 0 Å². The van der Waals surface area contributed by atoms with E-state index in [1.165, 1.54) is 4.90 Å². The maximum atomic E-state index is 12.9. The summed E-state index contributed by atoms with van der Waals surface area (Å²) in [6, 6.07) is 0.931. The van der Waals surface area contributed by atoms with Gasteiger partial charge in [-0.3, -0.25) is 19.7 Å². The topological polar surface area (TPSA) is 118 Å². The van der Waals surface area contributed by atoms with E-state index in [0.29, 0.717) is 25.1 Å². The number of hydrogen-bond donors (Lipinski definition) is 2. The minimum atomic E-state index is -0.978. The van der Waals surface area contributed by atoms with E-state index in [1.54, 1.807) is 39.1 Å². The summed E-state index contributed by atoms with van der Waals surface area (Å²) in [5, 5.41) is 2.91. The van der Waals surface area contributed by atoms with Crippen LogP contribution in [0.25, 0.3) is 0 Å². The molecule has 1 aromatic heterocycles. The molecule has 1 aliphatic rings. The molecular weight excluding hydrogens is 378 g/mol. The highest BCUT2D eigenvalue weighted by Crippen LogP contribution is 2.20. The van der Waals surface area contributed by atoms with Gasteiger partial charge in [0.15, 0.2) is 5.78 Å².